The van der Waals surface area contributed by atoms with Crippen LogP contribution in [0.25, 0.3) is 76.9 Å². The highest BCUT2D eigenvalue weighted by atomic mass is 16.3. The number of benzene rings is 6. The molecule has 3 aromatic heterocycles. The van der Waals surface area contributed by atoms with Crippen LogP contribution in [0.5, 0.6) is 0 Å². The third-order valence-corrected chi connectivity index (χ3v) is 8.04. The van der Waals surface area contributed by atoms with E-state index in [2.05, 4.69) is 123 Å². The molecule has 0 saturated heterocycles. The second kappa shape index (κ2) is 7.59. The van der Waals surface area contributed by atoms with Crippen LogP contribution in [-0.2, 0) is 0 Å². The Morgan fingerprint density at radius 1 is 0.513 bits per heavy atom. The largest absolute Gasteiger partial charge is 0.441 e. The summed E-state index contributed by atoms with van der Waals surface area (Å²) in [6.07, 6.45) is 1.52. The first-order chi connectivity index (χ1) is 19.4. The van der Waals surface area contributed by atoms with E-state index >= 15 is 0 Å². The molecule has 0 aliphatic carbocycles. The van der Waals surface area contributed by atoms with E-state index in [4.69, 9.17) is 4.42 Å². The Bertz CT molecular complexity index is 2390. The van der Waals surface area contributed by atoms with Crippen LogP contribution < -0.4 is 0 Å². The molecule has 0 bridgehead atoms. The highest BCUT2D eigenvalue weighted by Gasteiger charge is 2.19. The number of hydrogen-bond acceptors (Lipinski definition) is 2. The van der Waals surface area contributed by atoms with Crippen molar-refractivity contribution in [2.24, 2.45) is 0 Å². The summed E-state index contributed by atoms with van der Waals surface area (Å²) in [6.45, 7) is 0. The van der Waals surface area contributed by atoms with Gasteiger partial charge in [-0.3, -0.25) is 0 Å². The van der Waals surface area contributed by atoms with Gasteiger partial charge in [0.15, 0.2) is 12.0 Å². The van der Waals surface area contributed by atoms with Gasteiger partial charge in [0.2, 0.25) is 0 Å². The third-order valence-electron chi connectivity index (χ3n) is 8.04. The molecule has 0 atom stereocenters. The van der Waals surface area contributed by atoms with Crippen LogP contribution in [0.2, 0.25) is 0 Å². The van der Waals surface area contributed by atoms with Crippen LogP contribution in [0.4, 0.5) is 0 Å². The number of aromatic nitrogens is 3. The number of fused-ring (bicyclic) bond motifs is 9. The number of hydrogen-bond donors (Lipinski definition) is 0. The number of rotatable bonds is 2. The van der Waals surface area contributed by atoms with E-state index in [1.807, 2.05) is 12.1 Å². The van der Waals surface area contributed by atoms with E-state index in [-0.39, 0.29) is 0 Å². The smallest absolute Gasteiger partial charge is 0.182 e. The van der Waals surface area contributed by atoms with Crippen LogP contribution in [0.3, 0.4) is 0 Å². The third kappa shape index (κ3) is 2.75. The first-order valence-electron chi connectivity index (χ1n) is 13.1. The summed E-state index contributed by atoms with van der Waals surface area (Å²) >= 11 is 0. The van der Waals surface area contributed by atoms with Gasteiger partial charge in [0, 0.05) is 27.2 Å². The van der Waals surface area contributed by atoms with Crippen LogP contribution in [0.15, 0.2) is 132 Å². The molecule has 9 aromatic rings. The maximum atomic E-state index is 5.87. The Kier molecular flexibility index (Phi) is 4.02. The van der Waals surface area contributed by atoms with Crippen molar-refractivity contribution in [3.63, 3.8) is 0 Å². The Morgan fingerprint density at radius 3 is 2.15 bits per heavy atom. The molecule has 39 heavy (non-hydrogen) atoms. The molecule has 0 saturated carbocycles. The molecule has 0 amide bonds. The van der Waals surface area contributed by atoms with Crippen molar-refractivity contribution in [2.75, 3.05) is 0 Å². The molecule has 9 rings (SSSR count). The van der Waals surface area contributed by atoms with E-state index in [1.165, 1.54) is 55.4 Å². The van der Waals surface area contributed by atoms with Crippen molar-refractivity contribution >= 4 is 65.5 Å². The average Bonchev–Trinajstić information content (AvgIpc) is 3.69. The van der Waals surface area contributed by atoms with Crippen LogP contribution >= 0.6 is 0 Å². The van der Waals surface area contributed by atoms with Gasteiger partial charge in [-0.15, -0.1) is 0 Å². The van der Waals surface area contributed by atoms with Gasteiger partial charge < -0.3 is 13.6 Å². The summed E-state index contributed by atoms with van der Waals surface area (Å²) in [5.41, 5.74) is 8.54. The van der Waals surface area contributed by atoms with Crippen molar-refractivity contribution in [2.45, 2.75) is 0 Å². The molecule has 3 heterocycles. The zero-order valence-electron chi connectivity index (χ0n) is 20.9. The highest BCUT2D eigenvalue weighted by molar-refractivity contribution is 6.25. The van der Waals surface area contributed by atoms with Crippen LogP contribution in [0.1, 0.15) is 0 Å². The van der Waals surface area contributed by atoms with Crippen molar-refractivity contribution in [3.05, 3.63) is 128 Å². The van der Waals surface area contributed by atoms with E-state index in [0.717, 1.165) is 27.8 Å². The highest BCUT2D eigenvalue weighted by Crippen LogP contribution is 2.41. The maximum absolute atomic E-state index is 5.87. The molecule has 0 aliphatic heterocycles. The Balaban J connectivity index is 1.46. The van der Waals surface area contributed by atoms with Gasteiger partial charge in [-0.2, -0.15) is 0 Å². The molecule has 0 fully saturated rings. The Morgan fingerprint density at radius 2 is 1.28 bits per heavy atom. The number of nitrogens with zero attached hydrogens (tertiary/aromatic N) is 3. The van der Waals surface area contributed by atoms with Crippen LogP contribution in [-0.4, -0.2) is 14.1 Å². The quantitative estimate of drug-likeness (QED) is 0.238. The molecule has 4 nitrogen and oxygen atoms in total. The monoisotopic (exact) mass is 499 g/mol. The fourth-order valence-corrected chi connectivity index (χ4v) is 6.42. The summed E-state index contributed by atoms with van der Waals surface area (Å²) in [7, 11) is 0. The van der Waals surface area contributed by atoms with Gasteiger partial charge >= 0.3 is 0 Å². The molecular weight excluding hydrogens is 478 g/mol. The molecule has 0 spiro atoms. The Labute approximate surface area is 222 Å². The second-order valence-corrected chi connectivity index (χ2v) is 10.1. The van der Waals surface area contributed by atoms with Gasteiger partial charge in [0.1, 0.15) is 5.52 Å². The first kappa shape index (κ1) is 20.7. The lowest BCUT2D eigenvalue weighted by Gasteiger charge is -2.10. The van der Waals surface area contributed by atoms with E-state index in [9.17, 15) is 0 Å². The van der Waals surface area contributed by atoms with Crippen molar-refractivity contribution in [3.8, 4) is 11.4 Å². The zero-order valence-corrected chi connectivity index (χ0v) is 20.9. The van der Waals surface area contributed by atoms with Crippen LogP contribution in [0, 0.1) is 0 Å². The lowest BCUT2D eigenvalue weighted by atomic mass is 10.0. The molecule has 0 radical (unpaired) electrons. The summed E-state index contributed by atoms with van der Waals surface area (Å²) in [5, 5.41) is 7.44. The minimum atomic E-state index is 0.793. The van der Waals surface area contributed by atoms with Gasteiger partial charge in [-0.05, 0) is 65.4 Å². The van der Waals surface area contributed by atoms with Gasteiger partial charge in [0.25, 0.3) is 0 Å². The maximum Gasteiger partial charge on any atom is 0.182 e. The van der Waals surface area contributed by atoms with Crippen molar-refractivity contribution in [1.82, 2.24) is 14.1 Å². The topological polar surface area (TPSA) is 35.9 Å². The summed E-state index contributed by atoms with van der Waals surface area (Å²) in [4.78, 5) is 4.41. The fourth-order valence-electron chi connectivity index (χ4n) is 6.42. The summed E-state index contributed by atoms with van der Waals surface area (Å²) < 4.78 is 10.6. The van der Waals surface area contributed by atoms with E-state index < -0.39 is 0 Å². The van der Waals surface area contributed by atoms with Gasteiger partial charge in [-0.25, -0.2) is 4.98 Å². The SMILES string of the molecule is c1ccc(-n2c3ccccc3c3cc4c(ccc5c4c4ccccc4n5-c4cccc5ncoc45)cc32)cc1. The fraction of sp³-hybridized carbons (Fsp3) is 0. The minimum Gasteiger partial charge on any atom is -0.441 e. The predicted octanol–water partition coefficient (Wildman–Crippen LogP) is 9.18. The summed E-state index contributed by atoms with van der Waals surface area (Å²) in [5.74, 6) is 0. The zero-order chi connectivity index (χ0) is 25.5. The van der Waals surface area contributed by atoms with Crippen molar-refractivity contribution in [1.29, 1.82) is 0 Å². The summed E-state index contributed by atoms with van der Waals surface area (Å²) in [6, 6.07) is 43.4. The minimum absolute atomic E-state index is 0.793. The van der Waals surface area contributed by atoms with Crippen molar-refractivity contribution < 1.29 is 4.42 Å². The van der Waals surface area contributed by atoms with Gasteiger partial charge in [-0.1, -0.05) is 66.7 Å². The van der Waals surface area contributed by atoms with Gasteiger partial charge in [0.05, 0.1) is 27.8 Å². The molecule has 182 valence electrons. The lowest BCUT2D eigenvalue weighted by Crippen LogP contribution is -1.94. The van der Waals surface area contributed by atoms with E-state index in [0.29, 0.717) is 0 Å². The lowest BCUT2D eigenvalue weighted by molar-refractivity contribution is 0.600. The molecule has 0 unspecified atom stereocenters. The number of para-hydroxylation sites is 4. The molecule has 6 aromatic carbocycles. The normalized spacial score (nSPS) is 12.1. The molecule has 0 N–H and O–H groups in total. The first-order valence-corrected chi connectivity index (χ1v) is 13.1. The predicted molar refractivity (Wildman–Crippen MR) is 160 cm³/mol. The number of oxazole rings is 1. The van der Waals surface area contributed by atoms with E-state index in [1.54, 1.807) is 0 Å². The average molecular weight is 500 g/mol. The molecule has 4 heteroatoms. The Hall–Kier alpha value is -5.35. The standard InChI is InChI=1S/C35H21N3O/c1-2-9-23(10-3-1)37-29-14-6-4-11-24(29)27-20-26-22(19-33(27)37)17-18-31-34(26)25-12-5-7-15-30(25)38(31)32-16-8-13-28-35(32)39-21-36-28/h1-21H. The molecule has 0 aliphatic rings. The molecular formula is C35H21N3O. The second-order valence-electron chi connectivity index (χ2n) is 10.1.